The highest BCUT2D eigenvalue weighted by Crippen LogP contribution is 2.70. The van der Waals surface area contributed by atoms with Gasteiger partial charge in [-0.2, -0.15) is 0 Å². The molecule has 5 aliphatic rings. The molecule has 2 saturated carbocycles. The third kappa shape index (κ3) is 2.45. The van der Waals surface area contributed by atoms with Gasteiger partial charge in [0, 0.05) is 51.0 Å². The monoisotopic (exact) mass is 376 g/mol. The molecule has 1 amide bonds. The Balaban J connectivity index is 1.32. The number of carbonyl (C=O) groups is 2. The van der Waals surface area contributed by atoms with Crippen LogP contribution in [0.15, 0.2) is 0 Å². The lowest BCUT2D eigenvalue weighted by Gasteiger charge is -2.49. The maximum atomic E-state index is 12.8. The third-order valence-corrected chi connectivity index (χ3v) is 8.47. The van der Waals surface area contributed by atoms with Gasteiger partial charge in [-0.3, -0.25) is 14.5 Å². The summed E-state index contributed by atoms with van der Waals surface area (Å²) < 4.78 is 12.4. The molecule has 150 valence electrons. The maximum Gasteiger partial charge on any atom is 0.311 e. The highest BCUT2D eigenvalue weighted by Gasteiger charge is 2.78. The molecule has 7 atom stereocenters. The summed E-state index contributed by atoms with van der Waals surface area (Å²) in [6, 6.07) is 0. The van der Waals surface area contributed by atoms with E-state index in [1.165, 1.54) is 19.3 Å². The van der Waals surface area contributed by atoms with Gasteiger partial charge in [-0.25, -0.2) is 0 Å². The summed E-state index contributed by atoms with van der Waals surface area (Å²) in [5.74, 6) is 0.803. The SMILES string of the molecule is CC(=O)N1CCN(C[C@H]2C(=O)O[C@@H]3C[C@@]4(C)CCC[C@H](C)[C@]45O[C@H]5[C@@H]32)CC1. The molecule has 5 rings (SSSR count). The van der Waals surface area contributed by atoms with Crippen LogP contribution in [0.4, 0.5) is 0 Å². The average molecular weight is 376 g/mol. The van der Waals surface area contributed by atoms with E-state index in [1.54, 1.807) is 6.92 Å². The number of fused-ring (bicyclic) bond motifs is 2. The van der Waals surface area contributed by atoms with Gasteiger partial charge in [0.1, 0.15) is 11.7 Å². The molecular weight excluding hydrogens is 344 g/mol. The number of carbonyl (C=O) groups excluding carboxylic acids is 2. The van der Waals surface area contributed by atoms with Crippen molar-refractivity contribution in [2.24, 2.45) is 23.2 Å². The summed E-state index contributed by atoms with van der Waals surface area (Å²) >= 11 is 0. The molecule has 5 fully saturated rings. The van der Waals surface area contributed by atoms with Crippen LogP contribution in [0, 0.1) is 23.2 Å². The van der Waals surface area contributed by atoms with Crippen molar-refractivity contribution >= 4 is 11.9 Å². The minimum atomic E-state index is -0.0815. The molecule has 0 aromatic carbocycles. The predicted molar refractivity (Wildman–Crippen MR) is 98.9 cm³/mol. The number of esters is 1. The summed E-state index contributed by atoms with van der Waals surface area (Å²) in [5, 5.41) is 0. The van der Waals surface area contributed by atoms with E-state index in [0.717, 1.165) is 39.1 Å². The first kappa shape index (κ1) is 17.9. The van der Waals surface area contributed by atoms with E-state index in [2.05, 4.69) is 18.7 Å². The molecule has 2 aliphatic carbocycles. The maximum absolute atomic E-state index is 12.8. The summed E-state index contributed by atoms with van der Waals surface area (Å²) in [5.41, 5.74) is 0.130. The Labute approximate surface area is 161 Å². The van der Waals surface area contributed by atoms with Gasteiger partial charge < -0.3 is 14.4 Å². The number of hydrogen-bond acceptors (Lipinski definition) is 5. The smallest absolute Gasteiger partial charge is 0.311 e. The van der Waals surface area contributed by atoms with Gasteiger partial charge in [0.05, 0.1) is 12.0 Å². The Morgan fingerprint density at radius 1 is 1.26 bits per heavy atom. The molecule has 0 unspecified atom stereocenters. The number of rotatable bonds is 2. The number of piperazine rings is 1. The second kappa shape index (κ2) is 5.93. The summed E-state index contributed by atoms with van der Waals surface area (Å²) in [6.45, 7) is 10.3. The van der Waals surface area contributed by atoms with Crippen LogP contribution in [-0.4, -0.2) is 72.2 Å². The zero-order valence-corrected chi connectivity index (χ0v) is 16.8. The molecule has 0 N–H and O–H groups in total. The molecule has 0 aromatic rings. The second-order valence-corrected chi connectivity index (χ2v) is 9.86. The Hall–Kier alpha value is -1.14. The Morgan fingerprint density at radius 2 is 2.00 bits per heavy atom. The molecule has 6 nitrogen and oxygen atoms in total. The van der Waals surface area contributed by atoms with Crippen molar-refractivity contribution in [1.82, 2.24) is 9.80 Å². The average Bonchev–Trinajstić information content (AvgIpc) is 3.31. The normalized spacial score (nSPS) is 49.1. The predicted octanol–water partition coefficient (Wildman–Crippen LogP) is 1.68. The molecule has 6 heteroatoms. The molecule has 1 spiro atoms. The zero-order valence-electron chi connectivity index (χ0n) is 16.8. The quantitative estimate of drug-likeness (QED) is 0.542. The van der Waals surface area contributed by atoms with Gasteiger partial charge in [-0.05, 0) is 25.2 Å². The minimum absolute atomic E-state index is 0.0219. The molecule has 0 radical (unpaired) electrons. The first-order valence-corrected chi connectivity index (χ1v) is 10.7. The highest BCUT2D eigenvalue weighted by molar-refractivity contribution is 5.76. The van der Waals surface area contributed by atoms with Crippen LogP contribution >= 0.6 is 0 Å². The lowest BCUT2D eigenvalue weighted by molar-refractivity contribution is -0.147. The molecule has 3 heterocycles. The molecule has 3 aliphatic heterocycles. The van der Waals surface area contributed by atoms with Crippen LogP contribution < -0.4 is 0 Å². The van der Waals surface area contributed by atoms with E-state index in [9.17, 15) is 9.59 Å². The molecule has 27 heavy (non-hydrogen) atoms. The van der Waals surface area contributed by atoms with Crippen molar-refractivity contribution < 1.29 is 19.1 Å². The first-order valence-electron chi connectivity index (χ1n) is 10.7. The van der Waals surface area contributed by atoms with E-state index < -0.39 is 0 Å². The van der Waals surface area contributed by atoms with Gasteiger partial charge >= 0.3 is 5.97 Å². The van der Waals surface area contributed by atoms with Crippen molar-refractivity contribution in [2.75, 3.05) is 32.7 Å². The van der Waals surface area contributed by atoms with Gasteiger partial charge in [0.2, 0.25) is 5.91 Å². The Kier molecular flexibility index (Phi) is 3.94. The number of epoxide rings is 1. The van der Waals surface area contributed by atoms with Crippen LogP contribution in [0.25, 0.3) is 0 Å². The van der Waals surface area contributed by atoms with Crippen LogP contribution in [0.5, 0.6) is 0 Å². The summed E-state index contributed by atoms with van der Waals surface area (Å²) in [4.78, 5) is 28.5. The fourth-order valence-corrected chi connectivity index (χ4v) is 6.97. The van der Waals surface area contributed by atoms with Crippen molar-refractivity contribution in [3.8, 4) is 0 Å². The van der Waals surface area contributed by atoms with Crippen LogP contribution in [0.2, 0.25) is 0 Å². The Morgan fingerprint density at radius 3 is 2.70 bits per heavy atom. The minimum Gasteiger partial charge on any atom is -0.462 e. The number of hydrogen-bond donors (Lipinski definition) is 0. The number of nitrogens with zero attached hydrogens (tertiary/aromatic N) is 2. The van der Waals surface area contributed by atoms with Crippen molar-refractivity contribution in [3.05, 3.63) is 0 Å². The fourth-order valence-electron chi connectivity index (χ4n) is 6.97. The molecule has 0 aromatic heterocycles. The lowest BCUT2D eigenvalue weighted by Crippen LogP contribution is -2.55. The standard InChI is InChI=1S/C21H32N2O4/c1-13-5-4-6-20(3)11-16-17(18-21(13,20)27-18)15(19(25)26-16)12-22-7-9-23(10-8-22)14(2)24/h13,15-18H,4-12H2,1-3H3/t13-,15+,16+,17+,18-,20+,21+/m0/s1. The van der Waals surface area contributed by atoms with Crippen molar-refractivity contribution in [3.63, 3.8) is 0 Å². The number of ether oxygens (including phenoxy) is 2. The lowest BCUT2D eigenvalue weighted by atomic mass is 9.53. The molecular formula is C21H32N2O4. The van der Waals surface area contributed by atoms with E-state index in [-0.39, 0.29) is 46.9 Å². The van der Waals surface area contributed by atoms with E-state index >= 15 is 0 Å². The van der Waals surface area contributed by atoms with Crippen LogP contribution in [0.1, 0.15) is 46.5 Å². The van der Waals surface area contributed by atoms with E-state index in [0.29, 0.717) is 5.92 Å². The van der Waals surface area contributed by atoms with Gasteiger partial charge in [-0.15, -0.1) is 0 Å². The Bertz CT molecular complexity index is 661. The van der Waals surface area contributed by atoms with E-state index in [1.807, 2.05) is 4.90 Å². The van der Waals surface area contributed by atoms with Gasteiger partial charge in [0.15, 0.2) is 0 Å². The van der Waals surface area contributed by atoms with Gasteiger partial charge in [-0.1, -0.05) is 20.3 Å². The zero-order chi connectivity index (χ0) is 19.0. The topological polar surface area (TPSA) is 62.4 Å². The van der Waals surface area contributed by atoms with Crippen molar-refractivity contribution in [1.29, 1.82) is 0 Å². The first-order chi connectivity index (χ1) is 12.9. The van der Waals surface area contributed by atoms with Crippen LogP contribution in [0.3, 0.4) is 0 Å². The highest BCUT2D eigenvalue weighted by atomic mass is 16.6. The van der Waals surface area contributed by atoms with Crippen molar-refractivity contribution in [2.45, 2.75) is 64.3 Å². The fraction of sp³-hybridized carbons (Fsp3) is 0.905. The second-order valence-electron chi connectivity index (χ2n) is 9.86. The van der Waals surface area contributed by atoms with Gasteiger partial charge in [0.25, 0.3) is 0 Å². The molecule has 0 bridgehead atoms. The van der Waals surface area contributed by atoms with E-state index in [4.69, 9.17) is 9.47 Å². The molecule has 3 saturated heterocycles. The van der Waals surface area contributed by atoms with Crippen LogP contribution in [-0.2, 0) is 19.1 Å². The third-order valence-electron chi connectivity index (χ3n) is 8.47. The number of amides is 1. The largest absolute Gasteiger partial charge is 0.462 e. The summed E-state index contributed by atoms with van der Waals surface area (Å²) in [6.07, 6.45) is 4.84. The summed E-state index contributed by atoms with van der Waals surface area (Å²) in [7, 11) is 0.